The van der Waals surface area contributed by atoms with Gasteiger partial charge in [0, 0.05) is 13.1 Å². The molecule has 1 aromatic rings. The lowest BCUT2D eigenvalue weighted by Crippen LogP contribution is -2.48. The summed E-state index contributed by atoms with van der Waals surface area (Å²) < 4.78 is 50.0. The van der Waals surface area contributed by atoms with Gasteiger partial charge in [-0.15, -0.1) is 0 Å². The Balaban J connectivity index is 2.73. The average Bonchev–Trinajstić information content (AvgIpc) is 2.67. The molecule has 0 saturated heterocycles. The number of nitrogens with one attached hydrogen (secondary N) is 3. The highest BCUT2D eigenvalue weighted by Gasteiger charge is 2.33. The first-order valence-corrected chi connectivity index (χ1v) is 11.4. The highest BCUT2D eigenvalue weighted by atomic mass is 19.4. The maximum absolute atomic E-state index is 13.2. The van der Waals surface area contributed by atoms with Gasteiger partial charge in [-0.25, -0.2) is 9.59 Å². The van der Waals surface area contributed by atoms with E-state index in [0.717, 1.165) is 6.07 Å². The van der Waals surface area contributed by atoms with Crippen LogP contribution in [-0.2, 0) is 27.0 Å². The summed E-state index contributed by atoms with van der Waals surface area (Å²) >= 11 is 0. The normalized spacial score (nSPS) is 12.9. The summed E-state index contributed by atoms with van der Waals surface area (Å²) in [7, 11) is 0. The molecule has 1 rings (SSSR count). The predicted octanol–water partition coefficient (Wildman–Crippen LogP) is 4.91. The molecule has 8 nitrogen and oxygen atoms in total. The fraction of sp³-hybridized carbons (Fsp3) is 0.625. The van der Waals surface area contributed by atoms with Crippen LogP contribution >= 0.6 is 0 Å². The smallest absolute Gasteiger partial charge is 0.416 e. The van der Waals surface area contributed by atoms with Gasteiger partial charge in [0.15, 0.2) is 0 Å². The van der Waals surface area contributed by atoms with E-state index in [-0.39, 0.29) is 25.1 Å². The van der Waals surface area contributed by atoms with E-state index in [4.69, 9.17) is 9.47 Å². The number of benzene rings is 1. The van der Waals surface area contributed by atoms with Crippen molar-refractivity contribution in [3.05, 3.63) is 35.4 Å². The zero-order chi connectivity index (χ0) is 26.9. The van der Waals surface area contributed by atoms with E-state index in [1.807, 2.05) is 0 Å². The molecule has 1 aromatic carbocycles. The van der Waals surface area contributed by atoms with Gasteiger partial charge < -0.3 is 25.4 Å². The Morgan fingerprint density at radius 2 is 1.43 bits per heavy atom. The minimum absolute atomic E-state index is 0.0917. The van der Waals surface area contributed by atoms with E-state index < -0.39 is 47.1 Å². The molecule has 0 heterocycles. The molecule has 0 aliphatic carbocycles. The lowest BCUT2D eigenvalue weighted by molar-refractivity contribution is -0.138. The molecule has 0 radical (unpaired) electrons. The standard InChI is InChI=1S/C24H36F3N3O5/c1-22(2,3)34-20(32)28-14-10-9-13-18(30-21(33)35-23(4,5)6)19(31)29-15-16-11-7-8-12-17(16)24(25,26)27/h7-8,11-12,18H,9-10,13-15H2,1-6H3,(H,28,32)(H,29,31)(H,30,33). The van der Waals surface area contributed by atoms with E-state index >= 15 is 0 Å². The third kappa shape index (κ3) is 12.9. The molecule has 35 heavy (non-hydrogen) atoms. The van der Waals surface area contributed by atoms with Crippen LogP contribution in [0.15, 0.2) is 24.3 Å². The Morgan fingerprint density at radius 1 is 0.857 bits per heavy atom. The van der Waals surface area contributed by atoms with E-state index in [1.54, 1.807) is 41.5 Å². The van der Waals surface area contributed by atoms with Crippen molar-refractivity contribution in [3.8, 4) is 0 Å². The quantitative estimate of drug-likeness (QED) is 0.415. The highest BCUT2D eigenvalue weighted by molar-refractivity contribution is 5.85. The fourth-order valence-corrected chi connectivity index (χ4v) is 2.95. The number of amides is 3. The summed E-state index contributed by atoms with van der Waals surface area (Å²) in [4.78, 5) is 36.7. The van der Waals surface area contributed by atoms with Crippen molar-refractivity contribution in [1.82, 2.24) is 16.0 Å². The van der Waals surface area contributed by atoms with Crippen molar-refractivity contribution in [2.24, 2.45) is 0 Å². The molecule has 198 valence electrons. The van der Waals surface area contributed by atoms with E-state index in [1.165, 1.54) is 18.2 Å². The van der Waals surface area contributed by atoms with E-state index in [9.17, 15) is 27.6 Å². The van der Waals surface area contributed by atoms with Crippen LogP contribution in [-0.4, -0.2) is 41.9 Å². The fourth-order valence-electron chi connectivity index (χ4n) is 2.95. The average molecular weight is 504 g/mol. The number of rotatable bonds is 9. The molecule has 3 amide bonds. The highest BCUT2D eigenvalue weighted by Crippen LogP contribution is 2.31. The van der Waals surface area contributed by atoms with E-state index in [0.29, 0.717) is 12.8 Å². The molecule has 0 saturated carbocycles. The maximum Gasteiger partial charge on any atom is 0.416 e. The van der Waals surface area contributed by atoms with Gasteiger partial charge in [0.2, 0.25) is 5.91 Å². The second kappa shape index (κ2) is 12.6. The molecule has 1 unspecified atom stereocenters. The van der Waals surface area contributed by atoms with Crippen LogP contribution in [0.1, 0.15) is 71.9 Å². The zero-order valence-corrected chi connectivity index (χ0v) is 21.1. The van der Waals surface area contributed by atoms with Crippen LogP contribution in [0.3, 0.4) is 0 Å². The van der Waals surface area contributed by atoms with Gasteiger partial charge in [-0.1, -0.05) is 18.2 Å². The molecular weight excluding hydrogens is 467 g/mol. The lowest BCUT2D eigenvalue weighted by atomic mass is 10.1. The molecule has 1 atom stereocenters. The summed E-state index contributed by atoms with van der Waals surface area (Å²) in [5.41, 5.74) is -2.36. The van der Waals surface area contributed by atoms with Crippen LogP contribution in [0.4, 0.5) is 22.8 Å². The first-order valence-electron chi connectivity index (χ1n) is 11.4. The summed E-state index contributed by atoms with van der Waals surface area (Å²) in [6, 6.07) is 3.90. The second-order valence-corrected chi connectivity index (χ2v) is 10.00. The molecule has 0 bridgehead atoms. The number of ether oxygens (including phenoxy) is 2. The van der Waals surface area contributed by atoms with Crippen molar-refractivity contribution >= 4 is 18.1 Å². The number of halogens is 3. The third-order valence-electron chi connectivity index (χ3n) is 4.37. The molecule has 0 spiro atoms. The van der Waals surface area contributed by atoms with Crippen molar-refractivity contribution in [2.45, 2.75) is 90.8 Å². The monoisotopic (exact) mass is 503 g/mol. The zero-order valence-electron chi connectivity index (χ0n) is 21.1. The van der Waals surface area contributed by atoms with Crippen LogP contribution in [0, 0.1) is 0 Å². The Kier molecular flexibility index (Phi) is 10.9. The number of hydrogen-bond acceptors (Lipinski definition) is 5. The Morgan fingerprint density at radius 3 is 2.00 bits per heavy atom. The summed E-state index contributed by atoms with van der Waals surface area (Å²) in [5, 5.41) is 7.54. The second-order valence-electron chi connectivity index (χ2n) is 10.00. The predicted molar refractivity (Wildman–Crippen MR) is 125 cm³/mol. The van der Waals surface area contributed by atoms with Crippen molar-refractivity contribution in [1.29, 1.82) is 0 Å². The largest absolute Gasteiger partial charge is 0.444 e. The minimum atomic E-state index is -4.56. The first-order chi connectivity index (χ1) is 16.0. The summed E-state index contributed by atoms with van der Waals surface area (Å²) in [6.07, 6.45) is -4.85. The third-order valence-corrected chi connectivity index (χ3v) is 4.37. The summed E-state index contributed by atoms with van der Waals surface area (Å²) in [6.45, 7) is 10.1. The van der Waals surface area contributed by atoms with Crippen molar-refractivity contribution in [3.63, 3.8) is 0 Å². The number of alkyl carbamates (subject to hydrolysis) is 2. The number of hydrogen-bond donors (Lipinski definition) is 3. The van der Waals surface area contributed by atoms with Gasteiger partial charge in [-0.05, 0) is 72.4 Å². The van der Waals surface area contributed by atoms with Gasteiger partial charge in [0.05, 0.1) is 5.56 Å². The first kappa shape index (κ1) is 30.1. The van der Waals surface area contributed by atoms with Crippen LogP contribution in [0.25, 0.3) is 0 Å². The lowest BCUT2D eigenvalue weighted by Gasteiger charge is -2.23. The molecule has 0 aliphatic heterocycles. The molecule has 0 aliphatic rings. The van der Waals surface area contributed by atoms with Crippen LogP contribution < -0.4 is 16.0 Å². The van der Waals surface area contributed by atoms with Gasteiger partial charge in [-0.2, -0.15) is 13.2 Å². The van der Waals surface area contributed by atoms with Crippen LogP contribution in [0.5, 0.6) is 0 Å². The number of carbonyl (C=O) groups is 3. The van der Waals surface area contributed by atoms with Gasteiger partial charge in [0.1, 0.15) is 17.2 Å². The van der Waals surface area contributed by atoms with Crippen molar-refractivity contribution in [2.75, 3.05) is 6.54 Å². The number of unbranched alkanes of at least 4 members (excludes halogenated alkanes) is 1. The summed E-state index contributed by atoms with van der Waals surface area (Å²) in [5.74, 6) is -0.645. The Labute approximate surface area is 204 Å². The minimum Gasteiger partial charge on any atom is -0.444 e. The van der Waals surface area contributed by atoms with Crippen LogP contribution in [0.2, 0.25) is 0 Å². The molecule has 0 fully saturated rings. The van der Waals surface area contributed by atoms with Gasteiger partial charge >= 0.3 is 18.4 Å². The Bertz CT molecular complexity index is 861. The number of alkyl halides is 3. The van der Waals surface area contributed by atoms with Gasteiger partial charge in [0.25, 0.3) is 0 Å². The molecular formula is C24H36F3N3O5. The maximum atomic E-state index is 13.2. The number of carbonyl (C=O) groups excluding carboxylic acids is 3. The topological polar surface area (TPSA) is 106 Å². The SMILES string of the molecule is CC(C)(C)OC(=O)NCCCCC(NC(=O)OC(C)(C)C)C(=O)NCc1ccccc1C(F)(F)F. The van der Waals surface area contributed by atoms with Crippen molar-refractivity contribution < 1.29 is 37.0 Å². The Hall–Kier alpha value is -2.98. The molecule has 11 heteroatoms. The van der Waals surface area contributed by atoms with Gasteiger partial charge in [-0.3, -0.25) is 4.79 Å². The van der Waals surface area contributed by atoms with E-state index in [2.05, 4.69) is 16.0 Å². The molecule has 0 aromatic heterocycles. The molecule has 3 N–H and O–H groups in total.